The molecule has 0 aliphatic carbocycles. The van der Waals surface area contributed by atoms with Crippen molar-refractivity contribution in [2.45, 2.75) is 20.3 Å². The van der Waals surface area contributed by atoms with Gasteiger partial charge in [-0.05, 0) is 30.0 Å². The molecule has 0 amide bonds. The molecular formula is C15H21N3O2. The second-order valence-electron chi connectivity index (χ2n) is 5.84. The highest BCUT2D eigenvalue weighted by molar-refractivity contribution is 5.87. The topological polar surface area (TPSA) is 61.3 Å². The van der Waals surface area contributed by atoms with Crippen LogP contribution in [0.5, 0.6) is 0 Å². The molecule has 2 heterocycles. The van der Waals surface area contributed by atoms with Gasteiger partial charge in [0, 0.05) is 26.2 Å². The van der Waals surface area contributed by atoms with Crippen LogP contribution in [0.4, 0.5) is 5.69 Å². The molecule has 5 heteroatoms. The van der Waals surface area contributed by atoms with Crippen LogP contribution in [0.3, 0.4) is 0 Å². The summed E-state index contributed by atoms with van der Waals surface area (Å²) in [7, 11) is 0. The monoisotopic (exact) mass is 275 g/mol. The predicted octanol–water partition coefficient (Wildman–Crippen LogP) is 1.73. The van der Waals surface area contributed by atoms with Gasteiger partial charge in [0.25, 0.3) is 0 Å². The van der Waals surface area contributed by atoms with Crippen LogP contribution in [0.2, 0.25) is 0 Å². The van der Waals surface area contributed by atoms with Gasteiger partial charge in [-0.1, -0.05) is 13.8 Å². The lowest BCUT2D eigenvalue weighted by atomic mass is 10.0. The van der Waals surface area contributed by atoms with E-state index >= 15 is 0 Å². The Morgan fingerprint density at radius 1 is 1.30 bits per heavy atom. The van der Waals surface area contributed by atoms with Crippen molar-refractivity contribution in [1.82, 2.24) is 10.3 Å². The smallest absolute Gasteiger partial charge is 0.406 e. The largest absolute Gasteiger partial charge is 0.417 e. The third kappa shape index (κ3) is 2.58. The number of benzene rings is 1. The summed E-state index contributed by atoms with van der Waals surface area (Å²) < 4.78 is 5.34. The first-order chi connectivity index (χ1) is 9.63. The van der Waals surface area contributed by atoms with Crippen LogP contribution in [0.25, 0.3) is 11.1 Å². The highest BCUT2D eigenvalue weighted by atomic mass is 16.4. The number of anilines is 1. The highest BCUT2D eigenvalue weighted by Gasteiger charge is 2.17. The van der Waals surface area contributed by atoms with Gasteiger partial charge in [0.1, 0.15) is 0 Å². The number of aromatic amines is 1. The Morgan fingerprint density at radius 2 is 2.05 bits per heavy atom. The molecule has 0 unspecified atom stereocenters. The third-order valence-corrected chi connectivity index (χ3v) is 3.66. The van der Waals surface area contributed by atoms with E-state index in [9.17, 15) is 4.79 Å². The first-order valence-corrected chi connectivity index (χ1v) is 7.25. The van der Waals surface area contributed by atoms with Crippen molar-refractivity contribution in [1.29, 1.82) is 0 Å². The second-order valence-corrected chi connectivity index (χ2v) is 5.84. The molecular weight excluding hydrogens is 254 g/mol. The number of nitrogens with zero attached hydrogens (tertiary/aromatic N) is 1. The van der Waals surface area contributed by atoms with Crippen molar-refractivity contribution >= 4 is 16.8 Å². The molecule has 20 heavy (non-hydrogen) atoms. The summed E-state index contributed by atoms with van der Waals surface area (Å²) in [6, 6.07) is 4.20. The molecule has 1 aromatic carbocycles. The first-order valence-electron chi connectivity index (χ1n) is 7.25. The van der Waals surface area contributed by atoms with Crippen molar-refractivity contribution in [3.8, 4) is 0 Å². The Bertz CT molecular complexity index is 651. The summed E-state index contributed by atoms with van der Waals surface area (Å²) in [6.07, 6.45) is 1.00. The van der Waals surface area contributed by atoms with E-state index in [1.807, 2.05) is 6.07 Å². The molecule has 0 radical (unpaired) electrons. The fourth-order valence-electron chi connectivity index (χ4n) is 2.83. The first kappa shape index (κ1) is 13.2. The molecule has 0 atom stereocenters. The van der Waals surface area contributed by atoms with Gasteiger partial charge in [0.15, 0.2) is 5.58 Å². The van der Waals surface area contributed by atoms with Gasteiger partial charge < -0.3 is 14.6 Å². The normalized spacial score (nSPS) is 16.2. The highest BCUT2D eigenvalue weighted by Crippen LogP contribution is 2.28. The minimum Gasteiger partial charge on any atom is -0.406 e. The maximum atomic E-state index is 11.5. The molecule has 0 saturated carbocycles. The summed E-state index contributed by atoms with van der Waals surface area (Å²) in [6.45, 7) is 8.21. The van der Waals surface area contributed by atoms with Crippen LogP contribution in [0.1, 0.15) is 19.4 Å². The summed E-state index contributed by atoms with van der Waals surface area (Å²) in [5, 5.41) is 3.34. The van der Waals surface area contributed by atoms with Crippen LogP contribution in [0, 0.1) is 5.92 Å². The van der Waals surface area contributed by atoms with Gasteiger partial charge in [-0.3, -0.25) is 4.98 Å². The van der Waals surface area contributed by atoms with E-state index in [-0.39, 0.29) is 5.76 Å². The maximum absolute atomic E-state index is 11.5. The lowest BCUT2D eigenvalue weighted by molar-refractivity contribution is 0.547. The van der Waals surface area contributed by atoms with Crippen molar-refractivity contribution in [2.75, 3.05) is 31.1 Å². The Labute approximate surface area is 118 Å². The van der Waals surface area contributed by atoms with E-state index in [4.69, 9.17) is 4.42 Å². The lowest BCUT2D eigenvalue weighted by Crippen LogP contribution is -2.43. The molecule has 1 aliphatic rings. The Morgan fingerprint density at radius 3 is 2.75 bits per heavy atom. The zero-order valence-electron chi connectivity index (χ0n) is 12.0. The number of aromatic nitrogens is 1. The van der Waals surface area contributed by atoms with Crippen LogP contribution in [-0.4, -0.2) is 31.2 Å². The fourth-order valence-corrected chi connectivity index (χ4v) is 2.83. The zero-order valence-corrected chi connectivity index (χ0v) is 12.0. The minimum absolute atomic E-state index is 0.377. The molecule has 0 spiro atoms. The maximum Gasteiger partial charge on any atom is 0.417 e. The molecule has 0 bridgehead atoms. The molecule has 1 aliphatic heterocycles. The number of hydrogen-bond donors (Lipinski definition) is 2. The van der Waals surface area contributed by atoms with Gasteiger partial charge in [-0.2, -0.15) is 0 Å². The summed E-state index contributed by atoms with van der Waals surface area (Å²) >= 11 is 0. The number of rotatable bonds is 3. The van der Waals surface area contributed by atoms with Gasteiger partial charge in [-0.25, -0.2) is 4.79 Å². The van der Waals surface area contributed by atoms with Crippen molar-refractivity contribution < 1.29 is 4.42 Å². The van der Waals surface area contributed by atoms with E-state index in [2.05, 4.69) is 35.1 Å². The number of fused-ring (bicyclic) bond motifs is 1. The molecule has 5 nitrogen and oxygen atoms in total. The van der Waals surface area contributed by atoms with Crippen molar-refractivity contribution in [3.63, 3.8) is 0 Å². The Hall–Kier alpha value is -1.75. The molecule has 2 N–H and O–H groups in total. The van der Waals surface area contributed by atoms with Crippen molar-refractivity contribution in [2.24, 2.45) is 5.92 Å². The summed E-state index contributed by atoms with van der Waals surface area (Å²) in [5.74, 6) is 0.208. The number of oxazole rings is 1. The van der Waals surface area contributed by atoms with Gasteiger partial charge in [0.05, 0.1) is 11.2 Å². The Kier molecular flexibility index (Phi) is 3.53. The van der Waals surface area contributed by atoms with Crippen LogP contribution in [-0.2, 0) is 6.42 Å². The van der Waals surface area contributed by atoms with E-state index in [0.717, 1.165) is 43.8 Å². The molecule has 1 aromatic heterocycles. The molecule has 1 saturated heterocycles. The SMILES string of the molecule is CC(C)Cc1cc(N2CCNCC2)c2oc(=O)[nH]c2c1. The summed E-state index contributed by atoms with van der Waals surface area (Å²) in [4.78, 5) is 16.6. The number of piperazine rings is 1. The number of hydrogen-bond acceptors (Lipinski definition) is 4. The third-order valence-electron chi connectivity index (χ3n) is 3.66. The zero-order chi connectivity index (χ0) is 14.1. The molecule has 2 aromatic rings. The fraction of sp³-hybridized carbons (Fsp3) is 0.533. The average molecular weight is 275 g/mol. The van der Waals surface area contributed by atoms with Crippen LogP contribution < -0.4 is 16.0 Å². The van der Waals surface area contributed by atoms with Crippen LogP contribution in [0.15, 0.2) is 21.3 Å². The van der Waals surface area contributed by atoms with Gasteiger partial charge in [-0.15, -0.1) is 0 Å². The van der Waals surface area contributed by atoms with Crippen molar-refractivity contribution in [3.05, 3.63) is 28.2 Å². The van der Waals surface area contributed by atoms with E-state index in [1.165, 1.54) is 5.56 Å². The van der Waals surface area contributed by atoms with Gasteiger partial charge in [0.2, 0.25) is 0 Å². The second kappa shape index (κ2) is 5.32. The number of H-pyrrole nitrogens is 1. The lowest BCUT2D eigenvalue weighted by Gasteiger charge is -2.29. The van der Waals surface area contributed by atoms with E-state index < -0.39 is 0 Å². The predicted molar refractivity (Wildman–Crippen MR) is 80.5 cm³/mol. The molecule has 3 rings (SSSR count). The molecule has 1 fully saturated rings. The van der Waals surface area contributed by atoms with E-state index in [1.54, 1.807) is 0 Å². The van der Waals surface area contributed by atoms with Crippen LogP contribution >= 0.6 is 0 Å². The standard InChI is InChI=1S/C15H21N3O2/c1-10(2)7-11-8-12-14(20-15(19)17-12)13(9-11)18-5-3-16-4-6-18/h8-10,16H,3-7H2,1-2H3,(H,17,19). The number of nitrogens with one attached hydrogen (secondary N) is 2. The van der Waals surface area contributed by atoms with E-state index in [0.29, 0.717) is 11.5 Å². The Balaban J connectivity index is 2.08. The minimum atomic E-state index is -0.377. The van der Waals surface area contributed by atoms with Gasteiger partial charge >= 0.3 is 5.76 Å². The summed E-state index contributed by atoms with van der Waals surface area (Å²) in [5.41, 5.74) is 3.78. The quantitative estimate of drug-likeness (QED) is 0.895. The molecule has 108 valence electrons. The average Bonchev–Trinajstić information content (AvgIpc) is 2.78.